The fourth-order valence-corrected chi connectivity index (χ4v) is 2.06. The van der Waals surface area contributed by atoms with Crippen molar-refractivity contribution in [3.05, 3.63) is 54.0 Å². The van der Waals surface area contributed by atoms with Gasteiger partial charge < -0.3 is 14.6 Å². The Kier molecular flexibility index (Phi) is 3.59. The summed E-state index contributed by atoms with van der Waals surface area (Å²) in [6.07, 6.45) is 1.55. The highest BCUT2D eigenvalue weighted by Gasteiger charge is 2.07. The lowest BCUT2D eigenvalue weighted by atomic mass is 10.3. The molecule has 1 aromatic carbocycles. The Bertz CT molecular complexity index is 702. The van der Waals surface area contributed by atoms with Gasteiger partial charge in [-0.05, 0) is 31.2 Å². The van der Waals surface area contributed by atoms with Crippen LogP contribution in [0.15, 0.2) is 47.2 Å². The van der Waals surface area contributed by atoms with Crippen LogP contribution in [-0.2, 0) is 6.54 Å². The van der Waals surface area contributed by atoms with Gasteiger partial charge in [0.05, 0.1) is 19.3 Å². The van der Waals surface area contributed by atoms with Crippen LogP contribution in [0, 0.1) is 6.92 Å². The van der Waals surface area contributed by atoms with Crippen LogP contribution in [0.4, 0.5) is 5.82 Å². The molecule has 3 rings (SSSR count). The van der Waals surface area contributed by atoms with Crippen molar-refractivity contribution in [2.24, 2.45) is 0 Å². The minimum Gasteiger partial charge on any atom is -0.497 e. The molecule has 2 heterocycles. The molecular formula is C15H16N4O2. The molecule has 21 heavy (non-hydrogen) atoms. The van der Waals surface area contributed by atoms with Gasteiger partial charge in [0.1, 0.15) is 23.5 Å². The second kappa shape index (κ2) is 5.70. The minimum atomic E-state index is 0.579. The Hall–Kier alpha value is -2.76. The van der Waals surface area contributed by atoms with Gasteiger partial charge >= 0.3 is 0 Å². The van der Waals surface area contributed by atoms with Crippen LogP contribution in [-0.4, -0.2) is 22.0 Å². The normalized spacial score (nSPS) is 10.6. The molecule has 0 amide bonds. The first kappa shape index (κ1) is 13.2. The number of methoxy groups -OCH3 is 1. The van der Waals surface area contributed by atoms with E-state index in [9.17, 15) is 0 Å². The van der Waals surface area contributed by atoms with Crippen molar-refractivity contribution in [1.29, 1.82) is 0 Å². The highest BCUT2D eigenvalue weighted by molar-refractivity contribution is 5.43. The molecular weight excluding hydrogens is 268 g/mol. The third kappa shape index (κ3) is 2.89. The number of nitrogens with one attached hydrogen (secondary N) is 1. The molecule has 0 aliphatic rings. The summed E-state index contributed by atoms with van der Waals surface area (Å²) < 4.78 is 11.8. The van der Waals surface area contributed by atoms with Gasteiger partial charge in [0.25, 0.3) is 0 Å². The molecule has 3 aromatic rings. The van der Waals surface area contributed by atoms with Crippen LogP contribution in [0.1, 0.15) is 11.4 Å². The van der Waals surface area contributed by atoms with Crippen molar-refractivity contribution in [1.82, 2.24) is 14.9 Å². The summed E-state index contributed by atoms with van der Waals surface area (Å²) in [4.78, 5) is 0. The number of rotatable bonds is 5. The van der Waals surface area contributed by atoms with E-state index in [1.165, 1.54) is 0 Å². The zero-order valence-electron chi connectivity index (χ0n) is 11.9. The number of aryl methyl sites for hydroxylation is 1. The summed E-state index contributed by atoms with van der Waals surface area (Å²) in [5, 5.41) is 11.6. The molecule has 1 N–H and O–H groups in total. The second-order valence-corrected chi connectivity index (χ2v) is 4.63. The van der Waals surface area contributed by atoms with Crippen molar-refractivity contribution in [2.45, 2.75) is 13.5 Å². The van der Waals surface area contributed by atoms with Crippen LogP contribution < -0.4 is 10.1 Å². The number of hydrogen-bond acceptors (Lipinski definition) is 5. The molecule has 108 valence electrons. The molecule has 0 fully saturated rings. The number of nitrogens with zero attached hydrogens (tertiary/aromatic N) is 3. The molecule has 0 aliphatic heterocycles. The maximum atomic E-state index is 5.16. The molecule has 2 aromatic heterocycles. The van der Waals surface area contributed by atoms with E-state index in [1.807, 2.05) is 48.0 Å². The Balaban J connectivity index is 1.76. The van der Waals surface area contributed by atoms with Gasteiger partial charge in [-0.15, -0.1) is 0 Å². The predicted molar refractivity (Wildman–Crippen MR) is 78.7 cm³/mol. The van der Waals surface area contributed by atoms with Crippen molar-refractivity contribution in [3.63, 3.8) is 0 Å². The van der Waals surface area contributed by atoms with Gasteiger partial charge in [-0.25, -0.2) is 4.68 Å². The van der Waals surface area contributed by atoms with Crippen LogP contribution in [0.2, 0.25) is 0 Å². The molecule has 0 unspecified atom stereocenters. The van der Waals surface area contributed by atoms with Crippen LogP contribution >= 0.6 is 0 Å². The van der Waals surface area contributed by atoms with E-state index in [1.54, 1.807) is 13.4 Å². The highest BCUT2D eigenvalue weighted by Crippen LogP contribution is 2.18. The summed E-state index contributed by atoms with van der Waals surface area (Å²) in [5.41, 5.74) is 2.87. The molecule has 0 spiro atoms. The van der Waals surface area contributed by atoms with Crippen molar-refractivity contribution in [2.75, 3.05) is 12.4 Å². The summed E-state index contributed by atoms with van der Waals surface area (Å²) in [7, 11) is 1.65. The quantitative estimate of drug-likeness (QED) is 0.780. The van der Waals surface area contributed by atoms with Gasteiger partial charge in [-0.2, -0.15) is 5.10 Å². The zero-order chi connectivity index (χ0) is 14.7. The van der Waals surface area contributed by atoms with Gasteiger partial charge in [0, 0.05) is 17.8 Å². The van der Waals surface area contributed by atoms with Crippen molar-refractivity contribution in [3.8, 4) is 11.4 Å². The van der Waals surface area contributed by atoms with Gasteiger partial charge in [0.2, 0.25) is 0 Å². The standard InChI is InChI=1S/C15H16N4O2/c1-11-9-15(16-10-12-7-8-21-18-12)17-19(11)13-3-5-14(20-2)6-4-13/h3-9H,10H2,1-2H3,(H,16,17). The van der Waals surface area contributed by atoms with E-state index in [0.717, 1.165) is 28.6 Å². The molecule has 6 heteroatoms. The first-order valence-corrected chi connectivity index (χ1v) is 6.60. The van der Waals surface area contributed by atoms with Crippen molar-refractivity contribution < 1.29 is 9.26 Å². The molecule has 0 saturated heterocycles. The fourth-order valence-electron chi connectivity index (χ4n) is 2.06. The van der Waals surface area contributed by atoms with E-state index in [2.05, 4.69) is 15.6 Å². The van der Waals surface area contributed by atoms with E-state index in [0.29, 0.717) is 6.54 Å². The van der Waals surface area contributed by atoms with E-state index in [-0.39, 0.29) is 0 Å². The Labute approximate surface area is 122 Å². The van der Waals surface area contributed by atoms with Gasteiger partial charge in [-0.1, -0.05) is 5.16 Å². The molecule has 0 atom stereocenters. The van der Waals surface area contributed by atoms with Gasteiger partial charge in [-0.3, -0.25) is 0 Å². The zero-order valence-corrected chi connectivity index (χ0v) is 11.9. The smallest absolute Gasteiger partial charge is 0.149 e. The molecule has 6 nitrogen and oxygen atoms in total. The Morgan fingerprint density at radius 3 is 2.71 bits per heavy atom. The fraction of sp³-hybridized carbons (Fsp3) is 0.200. The Morgan fingerprint density at radius 1 is 1.24 bits per heavy atom. The largest absolute Gasteiger partial charge is 0.497 e. The number of anilines is 1. The third-order valence-corrected chi connectivity index (χ3v) is 3.15. The van der Waals surface area contributed by atoms with Crippen molar-refractivity contribution >= 4 is 5.82 Å². The number of ether oxygens (including phenoxy) is 1. The number of aromatic nitrogens is 3. The average molecular weight is 284 g/mol. The second-order valence-electron chi connectivity index (χ2n) is 4.63. The molecule has 0 radical (unpaired) electrons. The third-order valence-electron chi connectivity index (χ3n) is 3.15. The van der Waals surface area contributed by atoms with Gasteiger partial charge in [0.15, 0.2) is 0 Å². The molecule has 0 bridgehead atoms. The Morgan fingerprint density at radius 2 is 2.05 bits per heavy atom. The highest BCUT2D eigenvalue weighted by atomic mass is 16.5. The SMILES string of the molecule is COc1ccc(-n2nc(NCc3ccon3)cc2C)cc1. The average Bonchev–Trinajstić information content (AvgIpc) is 3.15. The first-order chi connectivity index (χ1) is 10.3. The maximum absolute atomic E-state index is 5.16. The van der Waals surface area contributed by atoms with E-state index >= 15 is 0 Å². The van der Waals surface area contributed by atoms with Crippen LogP contribution in [0.25, 0.3) is 5.69 Å². The van der Waals surface area contributed by atoms with Crippen LogP contribution in [0.3, 0.4) is 0 Å². The maximum Gasteiger partial charge on any atom is 0.149 e. The summed E-state index contributed by atoms with van der Waals surface area (Å²) in [6, 6.07) is 11.6. The van der Waals surface area contributed by atoms with E-state index in [4.69, 9.17) is 9.26 Å². The lowest BCUT2D eigenvalue weighted by Crippen LogP contribution is -2.02. The number of hydrogen-bond donors (Lipinski definition) is 1. The first-order valence-electron chi connectivity index (χ1n) is 6.60. The van der Waals surface area contributed by atoms with Crippen LogP contribution in [0.5, 0.6) is 5.75 Å². The lowest BCUT2D eigenvalue weighted by molar-refractivity contribution is 0.412. The summed E-state index contributed by atoms with van der Waals surface area (Å²) in [5.74, 6) is 1.62. The minimum absolute atomic E-state index is 0.579. The predicted octanol–water partition coefficient (Wildman–Crippen LogP) is 2.79. The molecule has 0 aliphatic carbocycles. The lowest BCUT2D eigenvalue weighted by Gasteiger charge is -2.05. The van der Waals surface area contributed by atoms with E-state index < -0.39 is 0 Å². The summed E-state index contributed by atoms with van der Waals surface area (Å²) in [6.45, 7) is 2.59. The number of benzene rings is 1. The summed E-state index contributed by atoms with van der Waals surface area (Å²) >= 11 is 0. The molecule has 0 saturated carbocycles. The topological polar surface area (TPSA) is 65.1 Å². The monoisotopic (exact) mass is 284 g/mol.